The molecule has 3 N–H and O–H groups in total. The van der Waals surface area contributed by atoms with Crippen molar-refractivity contribution in [3.8, 4) is 16.9 Å². The largest absolute Gasteiger partial charge is 0.496 e. The number of carbonyl (C=O) groups excluding carboxylic acids is 2. The van der Waals surface area contributed by atoms with E-state index in [1.54, 1.807) is 19.1 Å². The number of methoxy groups -OCH3 is 1. The molecule has 312 valence electrons. The number of likely N-dealkylation sites (N-methyl/N-ethyl adjacent to an activating group) is 2. The fourth-order valence-corrected chi connectivity index (χ4v) is 9.96. The Kier molecular flexibility index (Phi) is 13.6. The van der Waals surface area contributed by atoms with Crippen molar-refractivity contribution in [2.45, 2.75) is 105 Å². The standard InChI is InChI=1S/C45H72N6O5/c1-27-36-21-32(45(36,6)7)22-37(27)47-43(54)40-39(28(2)52)38(26-49(10)11)56-51(40)24-29-16-15-17-35(41(29)55-14)30-18-31(20-34(19-30)50(12)13)42(53)46-33(25-48(8)9)23-44(3,4)5/h15-20,27-28,32-33,36-40,52H,21-26H2,1-14H3,(H,46,53)(H,47,54)/t27-,28-,32+,33-,36-,37-,38-,39+,40-/m0/s1. The third-order valence-electron chi connectivity index (χ3n) is 12.8. The van der Waals surface area contributed by atoms with E-state index >= 15 is 0 Å². The molecule has 11 nitrogen and oxygen atoms in total. The number of nitrogens with one attached hydrogen (secondary N) is 2. The van der Waals surface area contributed by atoms with Gasteiger partial charge in [0.15, 0.2) is 0 Å². The number of hydrogen-bond donors (Lipinski definition) is 3. The maximum atomic E-state index is 14.5. The van der Waals surface area contributed by atoms with Gasteiger partial charge in [0.2, 0.25) is 5.91 Å². The molecule has 9 atom stereocenters. The molecule has 0 aromatic heterocycles. The summed E-state index contributed by atoms with van der Waals surface area (Å²) < 4.78 is 6.18. The first-order chi connectivity index (χ1) is 26.1. The smallest absolute Gasteiger partial charge is 0.251 e. The minimum atomic E-state index is -0.774. The van der Waals surface area contributed by atoms with Crippen molar-refractivity contribution >= 4 is 17.5 Å². The van der Waals surface area contributed by atoms with Gasteiger partial charge in [-0.1, -0.05) is 59.7 Å². The van der Waals surface area contributed by atoms with Gasteiger partial charge in [-0.15, -0.1) is 0 Å². The van der Waals surface area contributed by atoms with Crippen LogP contribution in [0.2, 0.25) is 0 Å². The number of aliphatic hydroxyl groups excluding tert-OH is 1. The maximum absolute atomic E-state index is 14.5. The third kappa shape index (κ3) is 9.72. The van der Waals surface area contributed by atoms with Crippen LogP contribution in [0.15, 0.2) is 36.4 Å². The molecule has 4 fully saturated rings. The first kappa shape index (κ1) is 43.9. The molecule has 2 aromatic carbocycles. The second kappa shape index (κ2) is 17.3. The zero-order valence-corrected chi connectivity index (χ0v) is 36.8. The van der Waals surface area contributed by atoms with Crippen LogP contribution in [0.5, 0.6) is 5.75 Å². The highest BCUT2D eigenvalue weighted by atomic mass is 16.7. The van der Waals surface area contributed by atoms with E-state index in [9.17, 15) is 14.7 Å². The Bertz CT molecular complexity index is 1690. The van der Waals surface area contributed by atoms with Crippen LogP contribution in [-0.2, 0) is 16.2 Å². The number of rotatable bonds is 15. The molecule has 0 radical (unpaired) electrons. The van der Waals surface area contributed by atoms with Gasteiger partial charge in [-0.2, -0.15) is 5.06 Å². The SMILES string of the molecule is COc1c(CN2O[C@@H](CN(C)C)[C@@H]([C@H](C)O)[C@H]2C(=O)N[C@H]2C[C@H]3C[C@@H]([C@@H]2C)C3(C)C)cccc1-c1cc(C(=O)N[C@H](CN(C)C)CC(C)(C)C)cc(N(C)C)c1. The molecular formula is C45H72N6O5. The predicted octanol–water partition coefficient (Wildman–Crippen LogP) is 5.75. The van der Waals surface area contributed by atoms with Crippen LogP contribution in [0, 0.1) is 34.5 Å². The number of ether oxygens (including phenoxy) is 1. The van der Waals surface area contributed by atoms with Crippen molar-refractivity contribution in [2.24, 2.45) is 34.5 Å². The molecule has 1 saturated heterocycles. The fourth-order valence-electron chi connectivity index (χ4n) is 9.96. The highest BCUT2D eigenvalue weighted by molar-refractivity contribution is 5.97. The van der Waals surface area contributed by atoms with Gasteiger partial charge < -0.3 is 35.2 Å². The Hall–Kier alpha value is -3.22. The van der Waals surface area contributed by atoms with Crippen LogP contribution < -0.4 is 20.3 Å². The van der Waals surface area contributed by atoms with E-state index in [2.05, 4.69) is 63.1 Å². The normalized spacial score (nSPS) is 27.1. The van der Waals surface area contributed by atoms with Crippen LogP contribution in [0.25, 0.3) is 11.1 Å². The minimum Gasteiger partial charge on any atom is -0.496 e. The Labute approximate surface area is 337 Å². The lowest BCUT2D eigenvalue weighted by molar-refractivity contribution is -0.179. The summed E-state index contributed by atoms with van der Waals surface area (Å²) in [5, 5.41) is 19.8. The molecule has 3 aliphatic carbocycles. The van der Waals surface area contributed by atoms with E-state index < -0.39 is 24.2 Å². The van der Waals surface area contributed by atoms with Crippen molar-refractivity contribution in [2.75, 3.05) is 67.4 Å². The van der Waals surface area contributed by atoms with E-state index in [-0.39, 0.29) is 35.9 Å². The second-order valence-electron chi connectivity index (χ2n) is 19.7. The summed E-state index contributed by atoms with van der Waals surface area (Å²) in [6, 6.07) is 11.3. The summed E-state index contributed by atoms with van der Waals surface area (Å²) in [6.07, 6.45) is 1.88. The van der Waals surface area contributed by atoms with Gasteiger partial charge in [0.05, 0.1) is 25.9 Å². The van der Waals surface area contributed by atoms with Gasteiger partial charge in [0.1, 0.15) is 11.8 Å². The summed E-state index contributed by atoms with van der Waals surface area (Å²) >= 11 is 0. The molecule has 2 aromatic rings. The molecule has 1 heterocycles. The second-order valence-corrected chi connectivity index (χ2v) is 19.7. The van der Waals surface area contributed by atoms with E-state index in [4.69, 9.17) is 9.57 Å². The van der Waals surface area contributed by atoms with Gasteiger partial charge in [0, 0.05) is 67.6 Å². The number of fused-ring (bicyclic) bond motifs is 2. The zero-order chi connectivity index (χ0) is 41.4. The molecule has 0 unspecified atom stereocenters. The number of benzene rings is 2. The van der Waals surface area contributed by atoms with Crippen LogP contribution >= 0.6 is 0 Å². The number of hydroxylamine groups is 2. The first-order valence-corrected chi connectivity index (χ1v) is 20.6. The Morgan fingerprint density at radius 3 is 2.30 bits per heavy atom. The fraction of sp³-hybridized carbons (Fsp3) is 0.689. The van der Waals surface area contributed by atoms with Crippen molar-refractivity contribution < 1.29 is 24.3 Å². The van der Waals surface area contributed by atoms with Crippen LogP contribution in [0.3, 0.4) is 0 Å². The van der Waals surface area contributed by atoms with Gasteiger partial charge >= 0.3 is 0 Å². The van der Waals surface area contributed by atoms with E-state index in [1.807, 2.05) is 82.4 Å². The van der Waals surface area contributed by atoms with Crippen LogP contribution in [-0.4, -0.2) is 125 Å². The van der Waals surface area contributed by atoms with Crippen LogP contribution in [0.4, 0.5) is 5.69 Å². The lowest BCUT2D eigenvalue weighted by Gasteiger charge is -2.62. The van der Waals surface area contributed by atoms with Crippen molar-refractivity contribution in [3.63, 3.8) is 0 Å². The number of hydrogen-bond acceptors (Lipinski definition) is 9. The van der Waals surface area contributed by atoms with Gasteiger partial charge in [0.25, 0.3) is 5.91 Å². The van der Waals surface area contributed by atoms with E-state index in [1.165, 1.54) is 6.42 Å². The van der Waals surface area contributed by atoms with Gasteiger partial charge in [-0.05, 0) is 107 Å². The minimum absolute atomic E-state index is 0.0203. The Morgan fingerprint density at radius 2 is 1.75 bits per heavy atom. The molecule has 11 heteroatoms. The quantitative estimate of drug-likeness (QED) is 0.208. The van der Waals surface area contributed by atoms with E-state index in [0.29, 0.717) is 41.0 Å². The molecule has 2 bridgehead atoms. The number of para-hydroxylation sites is 1. The topological polar surface area (TPSA) is 110 Å². The summed E-state index contributed by atoms with van der Waals surface area (Å²) in [5.74, 6) is 1.54. The Balaban J connectivity index is 1.47. The number of anilines is 1. The van der Waals surface area contributed by atoms with Crippen LogP contribution in [0.1, 0.15) is 83.7 Å². The number of nitrogens with zero attached hydrogens (tertiary/aromatic N) is 4. The molecular weight excluding hydrogens is 705 g/mol. The van der Waals surface area contributed by atoms with E-state index in [0.717, 1.165) is 41.8 Å². The molecule has 2 amide bonds. The molecule has 1 aliphatic heterocycles. The lowest BCUT2D eigenvalue weighted by Crippen LogP contribution is -2.62. The van der Waals surface area contributed by atoms with Crippen molar-refractivity contribution in [1.82, 2.24) is 25.5 Å². The number of aliphatic hydroxyl groups is 1. The first-order valence-electron chi connectivity index (χ1n) is 20.6. The molecule has 56 heavy (non-hydrogen) atoms. The number of amides is 2. The van der Waals surface area contributed by atoms with Gasteiger partial charge in [-0.25, -0.2) is 0 Å². The monoisotopic (exact) mass is 777 g/mol. The zero-order valence-electron chi connectivity index (χ0n) is 36.8. The molecule has 6 rings (SSSR count). The summed E-state index contributed by atoms with van der Waals surface area (Å²) in [7, 11) is 13.6. The molecule has 3 saturated carbocycles. The highest BCUT2D eigenvalue weighted by Gasteiger charge is 2.57. The average Bonchev–Trinajstić information content (AvgIpc) is 3.44. The lowest BCUT2D eigenvalue weighted by atomic mass is 9.45. The van der Waals surface area contributed by atoms with Crippen molar-refractivity contribution in [3.05, 3.63) is 47.5 Å². The maximum Gasteiger partial charge on any atom is 0.251 e. The number of carbonyl (C=O) groups is 2. The van der Waals surface area contributed by atoms with Gasteiger partial charge in [-0.3, -0.25) is 14.4 Å². The molecule has 4 aliphatic rings. The average molecular weight is 777 g/mol. The summed E-state index contributed by atoms with van der Waals surface area (Å²) in [6.45, 7) is 16.9. The molecule has 0 spiro atoms. The predicted molar refractivity (Wildman–Crippen MR) is 226 cm³/mol. The van der Waals surface area contributed by atoms with Crippen molar-refractivity contribution in [1.29, 1.82) is 0 Å². The highest BCUT2D eigenvalue weighted by Crippen LogP contribution is 2.61. The Morgan fingerprint density at radius 1 is 1.05 bits per heavy atom. The summed E-state index contributed by atoms with van der Waals surface area (Å²) in [4.78, 5) is 41.3. The summed E-state index contributed by atoms with van der Waals surface area (Å²) in [5.41, 5.74) is 4.33. The third-order valence-corrected chi connectivity index (χ3v) is 12.8.